The van der Waals surface area contributed by atoms with Crippen LogP contribution in [0.5, 0.6) is 0 Å². The molecule has 2 aliphatic rings. The zero-order chi connectivity index (χ0) is 54.3. The van der Waals surface area contributed by atoms with Gasteiger partial charge >= 0.3 is 0 Å². The van der Waals surface area contributed by atoms with Gasteiger partial charge in [0.25, 0.3) is 0 Å². The van der Waals surface area contributed by atoms with Gasteiger partial charge in [-0.15, -0.1) is 0 Å². The number of aromatic nitrogens is 2. The lowest BCUT2D eigenvalue weighted by Crippen LogP contribution is -2.62. The van der Waals surface area contributed by atoms with E-state index >= 15 is 0 Å². The molecule has 0 spiro atoms. The minimum absolute atomic E-state index is 0.000743. The van der Waals surface area contributed by atoms with Crippen LogP contribution in [0.2, 0.25) is 0 Å². The van der Waals surface area contributed by atoms with Crippen molar-refractivity contribution in [2.24, 2.45) is 11.7 Å². The monoisotopic (exact) mass is 1180 g/mol. The van der Waals surface area contributed by atoms with E-state index in [4.69, 9.17) is 105 Å². The van der Waals surface area contributed by atoms with Crippen LogP contribution in [0, 0.1) is 5.92 Å². The number of nitrogens with one attached hydrogen (secondary N) is 4. The number of halogens is 6. The molecule has 14 nitrogen and oxygen atoms in total. The number of carbonyl (C=O) groups excluding carboxylic acids is 3. The van der Waals surface area contributed by atoms with Crippen LogP contribution in [0.1, 0.15) is 56.2 Å². The van der Waals surface area contributed by atoms with E-state index in [0.29, 0.717) is 67.9 Å². The molecule has 0 bridgehead atoms. The first-order valence-electron chi connectivity index (χ1n) is 24.8. The Hall–Kier alpha value is -5.01. The minimum Gasteiger partial charge on any atom is -0.381 e. The van der Waals surface area contributed by atoms with E-state index in [-0.39, 0.29) is 36.5 Å². The molecule has 2 aliphatic heterocycles. The molecule has 3 amide bonds. The average Bonchev–Trinajstić information content (AvgIpc) is 3.42. The molecule has 8 rings (SSSR count). The third kappa shape index (κ3) is 14.2. The van der Waals surface area contributed by atoms with E-state index in [1.54, 1.807) is 28.1 Å². The summed E-state index contributed by atoms with van der Waals surface area (Å²) in [6.45, 7) is 6.46. The smallest absolute Gasteiger partial charge is 0.241 e. The summed E-state index contributed by atoms with van der Waals surface area (Å²) in [7, 11) is 0. The Balaban J connectivity index is 0.837. The van der Waals surface area contributed by atoms with Gasteiger partial charge in [-0.2, -0.15) is 0 Å². The molecule has 4 aromatic carbocycles. The van der Waals surface area contributed by atoms with Crippen molar-refractivity contribution in [2.45, 2.75) is 84.9 Å². The lowest BCUT2D eigenvalue weighted by molar-refractivity contribution is -0.123. The topological polar surface area (TPSA) is 164 Å². The summed E-state index contributed by atoms with van der Waals surface area (Å²) >= 11 is 51.3. The van der Waals surface area contributed by atoms with Gasteiger partial charge in [0, 0.05) is 80.1 Å². The van der Waals surface area contributed by atoms with Crippen molar-refractivity contribution in [3.63, 3.8) is 0 Å². The number of anilines is 4. The number of fused-ring (bicyclic) bond motifs is 2. The number of nitrogens with two attached hydrogens (primary N) is 1. The van der Waals surface area contributed by atoms with E-state index < -0.39 is 26.0 Å². The number of benzene rings is 4. The van der Waals surface area contributed by atoms with Crippen LogP contribution >= 0.6 is 94.0 Å². The van der Waals surface area contributed by atoms with Crippen molar-refractivity contribution in [1.29, 1.82) is 0 Å². The number of aryl methyl sites for hydroxylation is 2. The molecule has 0 radical (unpaired) electrons. The van der Waals surface area contributed by atoms with Crippen molar-refractivity contribution in [2.75, 3.05) is 46.6 Å². The Labute approximate surface area is 483 Å². The summed E-state index contributed by atoms with van der Waals surface area (Å²) in [5.41, 5.74) is 13.5. The van der Waals surface area contributed by atoms with Crippen molar-refractivity contribution < 1.29 is 14.4 Å². The number of hydrogen-bond acceptors (Lipinski definition) is 9. The number of nitrogens with zero attached hydrogens (tertiary/aromatic N) is 6. The van der Waals surface area contributed by atoms with Crippen LogP contribution in [0.15, 0.2) is 116 Å². The van der Waals surface area contributed by atoms with E-state index in [1.165, 1.54) is 0 Å². The maximum absolute atomic E-state index is 13.5. The van der Waals surface area contributed by atoms with E-state index in [2.05, 4.69) is 32.3 Å². The van der Waals surface area contributed by atoms with Crippen molar-refractivity contribution in [1.82, 2.24) is 30.4 Å². The van der Waals surface area contributed by atoms with Gasteiger partial charge in [0.2, 0.25) is 25.3 Å². The van der Waals surface area contributed by atoms with Crippen LogP contribution < -0.4 is 36.8 Å². The number of carbonyl (C=O) groups is 3. The third-order valence-electron chi connectivity index (χ3n) is 13.3. The van der Waals surface area contributed by atoms with Crippen molar-refractivity contribution in [3.8, 4) is 0 Å². The summed E-state index contributed by atoms with van der Waals surface area (Å²) in [6.07, 6.45) is 4.05. The number of thiocarbonyl (C=S) groups is 2. The Morgan fingerprint density at radius 1 is 0.632 bits per heavy atom. The van der Waals surface area contributed by atoms with E-state index in [1.807, 2.05) is 115 Å². The molecule has 3 unspecified atom stereocenters. The number of hydrogen-bond donors (Lipinski definition) is 5. The summed E-state index contributed by atoms with van der Waals surface area (Å²) in [4.78, 5) is 56.2. The van der Waals surface area contributed by atoms with Crippen molar-refractivity contribution >= 4 is 167 Å². The van der Waals surface area contributed by atoms with Gasteiger partial charge < -0.3 is 46.6 Å². The molecule has 22 heteroatoms. The highest BCUT2D eigenvalue weighted by molar-refractivity contribution is 7.80. The summed E-state index contributed by atoms with van der Waals surface area (Å²) in [5, 5.41) is 14.9. The van der Waals surface area contributed by atoms with Crippen LogP contribution in [-0.2, 0) is 33.8 Å². The molecule has 2 saturated heterocycles. The average molecular weight is 1180 g/mol. The van der Waals surface area contributed by atoms with Crippen LogP contribution in [-0.4, -0.2) is 99.9 Å². The lowest BCUT2D eigenvalue weighted by Gasteiger charge is -2.44. The number of rotatable bonds is 18. The van der Waals surface area contributed by atoms with Gasteiger partial charge in [-0.05, 0) is 121 Å². The third-order valence-corrected chi connectivity index (χ3v) is 15.4. The molecule has 2 aromatic heterocycles. The van der Waals surface area contributed by atoms with E-state index in [9.17, 15) is 14.4 Å². The maximum Gasteiger partial charge on any atom is 0.241 e. The largest absolute Gasteiger partial charge is 0.381 e. The SMILES string of the molecule is CC(C)C(N)C(=O)Nc1ccc(CCC(=O)NC(N2CCCN(c3cccc4cc(CNc5ccc(CCC(=O)NC(N6CCCN(c7cccc8cccnc78)C6=S)C(Cl)(Cl)Cl)cc5)cnc34)C2=S)C(Cl)(Cl)Cl)cc1. The predicted octanol–water partition coefficient (Wildman–Crippen LogP) is 10.8. The van der Waals surface area contributed by atoms with Gasteiger partial charge in [0.15, 0.2) is 22.6 Å². The number of para-hydroxylation sites is 2. The Kier molecular flexibility index (Phi) is 19.0. The van der Waals surface area contributed by atoms with Crippen molar-refractivity contribution in [3.05, 3.63) is 132 Å². The summed E-state index contributed by atoms with van der Waals surface area (Å²) in [6, 6.07) is 32.3. The molecule has 0 saturated carbocycles. The minimum atomic E-state index is -1.92. The van der Waals surface area contributed by atoms with Crippen LogP contribution in [0.25, 0.3) is 21.8 Å². The molecule has 0 aliphatic carbocycles. The molecule has 6 aromatic rings. The molecule has 4 heterocycles. The van der Waals surface area contributed by atoms with Crippen LogP contribution in [0.3, 0.4) is 0 Å². The van der Waals surface area contributed by atoms with Crippen LogP contribution in [0.4, 0.5) is 22.7 Å². The van der Waals surface area contributed by atoms with Gasteiger partial charge in [0.05, 0.1) is 28.5 Å². The second-order valence-corrected chi connectivity index (χ2v) is 24.5. The lowest BCUT2D eigenvalue weighted by atomic mass is 10.0. The number of pyridine rings is 2. The first-order valence-corrected chi connectivity index (χ1v) is 27.9. The molecule has 6 N–H and O–H groups in total. The highest BCUT2D eigenvalue weighted by Gasteiger charge is 2.44. The van der Waals surface area contributed by atoms with E-state index in [0.717, 1.165) is 62.0 Å². The Morgan fingerprint density at radius 2 is 1.12 bits per heavy atom. The van der Waals surface area contributed by atoms with Gasteiger partial charge in [-0.3, -0.25) is 24.4 Å². The summed E-state index contributed by atoms with van der Waals surface area (Å²) in [5.74, 6) is -0.864. The molecule has 400 valence electrons. The molecule has 3 atom stereocenters. The number of alkyl halides is 6. The van der Waals surface area contributed by atoms with Gasteiger partial charge in [0.1, 0.15) is 0 Å². The van der Waals surface area contributed by atoms with Gasteiger partial charge in [-0.25, -0.2) is 0 Å². The zero-order valence-corrected chi connectivity index (χ0v) is 47.8. The Morgan fingerprint density at radius 3 is 1.63 bits per heavy atom. The predicted molar refractivity (Wildman–Crippen MR) is 319 cm³/mol. The fourth-order valence-corrected chi connectivity index (χ4v) is 10.9. The van der Waals surface area contributed by atoms with Gasteiger partial charge in [-0.1, -0.05) is 138 Å². The molecular weight excluding hydrogens is 1130 g/mol. The zero-order valence-electron chi connectivity index (χ0n) is 41.6. The number of amides is 3. The first kappa shape index (κ1) is 57.2. The first-order chi connectivity index (χ1) is 36.2. The second-order valence-electron chi connectivity index (χ2n) is 19.0. The standard InChI is InChI=1S/C54H57Cl6N11O3S2/c1-33(2)45(61)48(74)65-40-21-15-35(16-22-40)18-24-44(73)67-50(54(58,59)60)71-29-7-27-69(52(71)76)42-12-4-9-38-30-36(32-64-47(38)42)31-63-39-19-13-34(14-20-39)17-23-43(72)66-49(53(55,56)57)70-28-6-26-68(51(70)75)41-11-3-8-37-10-5-25-62-46(37)41/h3-5,8-16,19-22,25,30,32-33,45,49-50,63H,6-7,17-18,23-24,26-29,31,61H2,1-2H3,(H,65,74)(H,66,72)(H,67,73). The quantitative estimate of drug-likeness (QED) is 0.0408. The summed E-state index contributed by atoms with van der Waals surface area (Å²) < 4.78 is -3.79. The molecule has 2 fully saturated rings. The maximum atomic E-state index is 13.5. The highest BCUT2D eigenvalue weighted by atomic mass is 35.6. The fourth-order valence-electron chi connectivity index (χ4n) is 9.14. The molecule has 76 heavy (non-hydrogen) atoms. The normalized spacial score (nSPS) is 15.7. The highest BCUT2D eigenvalue weighted by Crippen LogP contribution is 2.38. The molecular formula is C54H57Cl6N11O3S2. The Bertz CT molecular complexity index is 3070. The fraction of sp³-hybridized carbons (Fsp3) is 0.352. The second kappa shape index (κ2) is 25.2.